The van der Waals surface area contributed by atoms with E-state index in [1.165, 1.54) is 6.92 Å². The standard InChI is InChI=1S/C12H23N3O2/c1-8(6-5-7-15-10(3)13)9(2)12(4,14)11(16)17/h5-7,14H2,1-4H3,(H2,13,15)(H,16,17). The summed E-state index contributed by atoms with van der Waals surface area (Å²) < 4.78 is 0. The van der Waals surface area contributed by atoms with E-state index in [4.69, 9.17) is 16.6 Å². The lowest BCUT2D eigenvalue weighted by atomic mass is 9.89. The van der Waals surface area contributed by atoms with Crippen molar-refractivity contribution in [2.75, 3.05) is 6.54 Å². The summed E-state index contributed by atoms with van der Waals surface area (Å²) >= 11 is 0. The van der Waals surface area contributed by atoms with E-state index in [1.807, 2.05) is 6.92 Å². The van der Waals surface area contributed by atoms with Crippen LogP contribution < -0.4 is 11.5 Å². The molecule has 0 rings (SSSR count). The maximum atomic E-state index is 11.0. The fourth-order valence-corrected chi connectivity index (χ4v) is 1.39. The molecule has 0 aliphatic rings. The molecular weight excluding hydrogens is 218 g/mol. The summed E-state index contributed by atoms with van der Waals surface area (Å²) in [6.07, 6.45) is 1.62. The predicted molar refractivity (Wildman–Crippen MR) is 70.0 cm³/mol. The van der Waals surface area contributed by atoms with Crippen molar-refractivity contribution in [2.24, 2.45) is 16.5 Å². The number of nitrogens with zero attached hydrogens (tertiary/aromatic N) is 1. The molecule has 0 aliphatic heterocycles. The van der Waals surface area contributed by atoms with Crippen LogP contribution in [0.15, 0.2) is 16.1 Å². The van der Waals surface area contributed by atoms with Gasteiger partial charge in [-0.3, -0.25) is 4.99 Å². The number of nitrogens with two attached hydrogens (primary N) is 2. The number of hydrogen-bond donors (Lipinski definition) is 3. The Morgan fingerprint density at radius 3 is 2.29 bits per heavy atom. The number of hydrogen-bond acceptors (Lipinski definition) is 3. The smallest absolute Gasteiger partial charge is 0.327 e. The van der Waals surface area contributed by atoms with E-state index in [-0.39, 0.29) is 0 Å². The van der Waals surface area contributed by atoms with Gasteiger partial charge in [-0.2, -0.15) is 0 Å². The largest absolute Gasteiger partial charge is 0.480 e. The molecule has 0 amide bonds. The molecule has 0 fully saturated rings. The molecule has 98 valence electrons. The Hall–Kier alpha value is -1.36. The van der Waals surface area contributed by atoms with E-state index in [0.717, 1.165) is 18.4 Å². The Kier molecular flexibility index (Phi) is 5.88. The van der Waals surface area contributed by atoms with Gasteiger partial charge in [0.05, 0.1) is 5.84 Å². The molecule has 0 saturated heterocycles. The number of rotatable bonds is 6. The summed E-state index contributed by atoms with van der Waals surface area (Å²) in [6.45, 7) is 7.58. The van der Waals surface area contributed by atoms with Gasteiger partial charge in [0.25, 0.3) is 0 Å². The first-order chi connectivity index (χ1) is 7.69. The fraction of sp³-hybridized carbons (Fsp3) is 0.667. The lowest BCUT2D eigenvalue weighted by Crippen LogP contribution is -2.46. The van der Waals surface area contributed by atoms with E-state index in [0.29, 0.717) is 18.0 Å². The summed E-state index contributed by atoms with van der Waals surface area (Å²) in [5.74, 6) is -0.442. The molecule has 5 nitrogen and oxygen atoms in total. The predicted octanol–water partition coefficient (Wildman–Crippen LogP) is 1.28. The average Bonchev–Trinajstić information content (AvgIpc) is 2.22. The van der Waals surface area contributed by atoms with Gasteiger partial charge in [0, 0.05) is 6.54 Å². The van der Waals surface area contributed by atoms with Gasteiger partial charge in [0.15, 0.2) is 0 Å². The van der Waals surface area contributed by atoms with Gasteiger partial charge in [0.2, 0.25) is 0 Å². The van der Waals surface area contributed by atoms with Crippen LogP contribution in [0.1, 0.15) is 40.5 Å². The lowest BCUT2D eigenvalue weighted by Gasteiger charge is -2.22. The molecule has 5 heteroatoms. The van der Waals surface area contributed by atoms with Crippen molar-refractivity contribution >= 4 is 11.8 Å². The van der Waals surface area contributed by atoms with Crippen molar-refractivity contribution in [1.29, 1.82) is 0 Å². The van der Waals surface area contributed by atoms with Crippen LogP contribution in [-0.4, -0.2) is 29.0 Å². The van der Waals surface area contributed by atoms with Gasteiger partial charge in [-0.25, -0.2) is 4.79 Å². The lowest BCUT2D eigenvalue weighted by molar-refractivity contribution is -0.141. The SMILES string of the molecule is CC(N)=NCCCC(C)=C(C)C(C)(N)C(=O)O. The summed E-state index contributed by atoms with van der Waals surface area (Å²) in [4.78, 5) is 15.1. The van der Waals surface area contributed by atoms with E-state index < -0.39 is 11.5 Å². The Labute approximate surface area is 103 Å². The van der Waals surface area contributed by atoms with Gasteiger partial charge in [-0.05, 0) is 46.1 Å². The van der Waals surface area contributed by atoms with Gasteiger partial charge < -0.3 is 16.6 Å². The third kappa shape index (κ3) is 4.99. The molecule has 1 atom stereocenters. The topological polar surface area (TPSA) is 102 Å². The molecule has 17 heavy (non-hydrogen) atoms. The van der Waals surface area contributed by atoms with Crippen LogP contribution in [0, 0.1) is 0 Å². The van der Waals surface area contributed by atoms with Gasteiger partial charge in [-0.1, -0.05) is 5.57 Å². The number of aliphatic imine (C=N–C) groups is 1. The van der Waals surface area contributed by atoms with Crippen molar-refractivity contribution in [3.8, 4) is 0 Å². The van der Waals surface area contributed by atoms with E-state index >= 15 is 0 Å². The first-order valence-electron chi connectivity index (χ1n) is 5.65. The minimum Gasteiger partial charge on any atom is -0.480 e. The zero-order valence-electron chi connectivity index (χ0n) is 11.1. The maximum Gasteiger partial charge on any atom is 0.327 e. The molecular formula is C12H23N3O2. The number of aliphatic carboxylic acids is 1. The van der Waals surface area contributed by atoms with Crippen LogP contribution in [0.25, 0.3) is 0 Å². The summed E-state index contributed by atoms with van der Waals surface area (Å²) in [6, 6.07) is 0. The highest BCUT2D eigenvalue weighted by molar-refractivity contribution is 5.82. The average molecular weight is 241 g/mol. The zero-order valence-corrected chi connectivity index (χ0v) is 11.1. The van der Waals surface area contributed by atoms with E-state index in [2.05, 4.69) is 4.99 Å². The van der Waals surface area contributed by atoms with Crippen LogP contribution in [-0.2, 0) is 4.79 Å². The van der Waals surface area contributed by atoms with Crippen molar-refractivity contribution < 1.29 is 9.90 Å². The number of carbonyl (C=O) groups is 1. The molecule has 0 saturated carbocycles. The monoisotopic (exact) mass is 241 g/mol. The Balaban J connectivity index is 4.51. The first-order valence-corrected chi connectivity index (χ1v) is 5.65. The summed E-state index contributed by atoms with van der Waals surface area (Å²) in [5.41, 5.74) is 11.6. The van der Waals surface area contributed by atoms with Crippen LogP contribution in [0.4, 0.5) is 0 Å². The second kappa shape index (κ2) is 6.39. The minimum absolute atomic E-state index is 0.567. The number of carboxylic acid groups (broad SMARTS) is 1. The molecule has 0 aromatic carbocycles. The highest BCUT2D eigenvalue weighted by atomic mass is 16.4. The number of carboxylic acids is 1. The highest BCUT2D eigenvalue weighted by Gasteiger charge is 2.30. The van der Waals surface area contributed by atoms with Crippen LogP contribution >= 0.6 is 0 Å². The summed E-state index contributed by atoms with van der Waals surface area (Å²) in [7, 11) is 0. The molecule has 0 heterocycles. The molecule has 0 aromatic rings. The first kappa shape index (κ1) is 15.6. The second-order valence-corrected chi connectivity index (χ2v) is 4.54. The van der Waals surface area contributed by atoms with Crippen molar-refractivity contribution in [1.82, 2.24) is 0 Å². The van der Waals surface area contributed by atoms with Gasteiger partial charge in [0.1, 0.15) is 5.54 Å². The normalized spacial score (nSPS) is 17.4. The number of amidine groups is 1. The van der Waals surface area contributed by atoms with Crippen LogP contribution in [0.5, 0.6) is 0 Å². The fourth-order valence-electron chi connectivity index (χ4n) is 1.39. The Morgan fingerprint density at radius 2 is 1.88 bits per heavy atom. The van der Waals surface area contributed by atoms with E-state index in [9.17, 15) is 4.79 Å². The quantitative estimate of drug-likeness (QED) is 0.282. The maximum absolute atomic E-state index is 11.0. The van der Waals surface area contributed by atoms with Crippen LogP contribution in [0.3, 0.4) is 0 Å². The minimum atomic E-state index is -1.29. The molecule has 0 spiro atoms. The molecule has 0 radical (unpaired) electrons. The van der Waals surface area contributed by atoms with Crippen molar-refractivity contribution in [2.45, 2.75) is 46.1 Å². The zero-order chi connectivity index (χ0) is 13.6. The Morgan fingerprint density at radius 1 is 1.35 bits per heavy atom. The second-order valence-electron chi connectivity index (χ2n) is 4.54. The molecule has 5 N–H and O–H groups in total. The Bertz CT molecular complexity index is 340. The highest BCUT2D eigenvalue weighted by Crippen LogP contribution is 2.20. The summed E-state index contributed by atoms with van der Waals surface area (Å²) in [5, 5.41) is 9.01. The van der Waals surface area contributed by atoms with Crippen molar-refractivity contribution in [3.63, 3.8) is 0 Å². The molecule has 0 aliphatic carbocycles. The molecule has 1 unspecified atom stereocenters. The van der Waals surface area contributed by atoms with Gasteiger partial charge >= 0.3 is 5.97 Å². The third-order valence-electron chi connectivity index (χ3n) is 2.93. The van der Waals surface area contributed by atoms with Gasteiger partial charge in [-0.15, -0.1) is 0 Å². The van der Waals surface area contributed by atoms with E-state index in [1.54, 1.807) is 13.8 Å². The van der Waals surface area contributed by atoms with Crippen molar-refractivity contribution in [3.05, 3.63) is 11.1 Å². The third-order valence-corrected chi connectivity index (χ3v) is 2.93. The molecule has 0 aromatic heterocycles. The molecule has 0 bridgehead atoms. The van der Waals surface area contributed by atoms with Crippen LogP contribution in [0.2, 0.25) is 0 Å². The number of allylic oxidation sites excluding steroid dienone is 1.